The Balaban J connectivity index is 1.71. The number of para-hydroxylation sites is 3. The highest BCUT2D eigenvalue weighted by Crippen LogP contribution is 2.21. The minimum Gasteiger partial charge on any atom is -0.423 e. The van der Waals surface area contributed by atoms with E-state index in [0.717, 1.165) is 0 Å². The van der Waals surface area contributed by atoms with Crippen LogP contribution in [-0.2, 0) is 9.59 Å². The van der Waals surface area contributed by atoms with E-state index in [2.05, 4.69) is 0 Å². The van der Waals surface area contributed by atoms with Gasteiger partial charge in [0, 0.05) is 0 Å². The Morgan fingerprint density at radius 2 is 1.00 bits per heavy atom. The normalized spacial score (nSPS) is 9.93. The number of carbonyl (C=O) groups is 3. The average Bonchev–Trinajstić information content (AvgIpc) is 2.70. The summed E-state index contributed by atoms with van der Waals surface area (Å²) in [6.07, 6.45) is 0. The minimum atomic E-state index is -1.25. The molecule has 6 heteroatoms. The van der Waals surface area contributed by atoms with Crippen LogP contribution in [0.1, 0.15) is 10.4 Å². The van der Waals surface area contributed by atoms with Crippen LogP contribution in [0.25, 0.3) is 0 Å². The fraction of sp³-hybridized carbons (Fsp3) is 0. The van der Waals surface area contributed by atoms with Crippen LogP contribution >= 0.6 is 0 Å². The molecule has 0 bridgehead atoms. The molecule has 0 N–H and O–H groups in total. The van der Waals surface area contributed by atoms with E-state index < -0.39 is 17.9 Å². The zero-order chi connectivity index (χ0) is 19.1. The van der Waals surface area contributed by atoms with Crippen LogP contribution in [0.5, 0.6) is 17.2 Å². The number of benzene rings is 3. The van der Waals surface area contributed by atoms with Gasteiger partial charge in [-0.25, -0.2) is 14.4 Å². The van der Waals surface area contributed by atoms with Crippen molar-refractivity contribution >= 4 is 17.9 Å². The first kappa shape index (κ1) is 17.9. The molecule has 0 spiro atoms. The summed E-state index contributed by atoms with van der Waals surface area (Å²) in [7, 11) is 0. The van der Waals surface area contributed by atoms with Gasteiger partial charge in [0.15, 0.2) is 0 Å². The molecule has 0 atom stereocenters. The van der Waals surface area contributed by atoms with Gasteiger partial charge in [0.05, 0.1) is 0 Å². The molecule has 0 saturated heterocycles. The van der Waals surface area contributed by atoms with E-state index >= 15 is 0 Å². The second-order valence-electron chi connectivity index (χ2n) is 5.29. The molecule has 6 nitrogen and oxygen atoms in total. The molecule has 3 rings (SSSR count). The molecule has 0 aliphatic carbocycles. The van der Waals surface area contributed by atoms with Crippen LogP contribution in [-0.4, -0.2) is 17.9 Å². The number of carbonyl (C=O) groups excluding carboxylic acids is 3. The molecule has 3 aromatic carbocycles. The van der Waals surface area contributed by atoms with Gasteiger partial charge in [0.25, 0.3) is 0 Å². The molecule has 27 heavy (non-hydrogen) atoms. The number of ether oxygens (including phenoxy) is 3. The highest BCUT2D eigenvalue weighted by Gasteiger charge is 2.23. The second kappa shape index (κ2) is 8.44. The highest BCUT2D eigenvalue weighted by molar-refractivity contribution is 6.31. The molecule has 0 unspecified atom stereocenters. The average molecular weight is 362 g/mol. The molecule has 0 amide bonds. The van der Waals surface area contributed by atoms with Crippen molar-refractivity contribution in [3.63, 3.8) is 0 Å². The molecule has 0 aromatic heterocycles. The zero-order valence-corrected chi connectivity index (χ0v) is 14.0. The fourth-order valence-corrected chi connectivity index (χ4v) is 2.15. The van der Waals surface area contributed by atoms with Gasteiger partial charge in [-0.15, -0.1) is 0 Å². The van der Waals surface area contributed by atoms with E-state index in [-0.39, 0.29) is 17.1 Å². The summed E-state index contributed by atoms with van der Waals surface area (Å²) in [5, 5.41) is 0. The lowest BCUT2D eigenvalue weighted by atomic mass is 10.2. The molecule has 0 fully saturated rings. The maximum Gasteiger partial charge on any atom is 0.423 e. The topological polar surface area (TPSA) is 78.9 Å². The summed E-state index contributed by atoms with van der Waals surface area (Å²) in [6.45, 7) is 0. The van der Waals surface area contributed by atoms with Gasteiger partial charge in [0.2, 0.25) is 0 Å². The van der Waals surface area contributed by atoms with Gasteiger partial charge in [-0.05, 0) is 36.4 Å². The van der Waals surface area contributed by atoms with Crippen LogP contribution in [0.15, 0.2) is 84.9 Å². The molecule has 0 saturated carbocycles. The van der Waals surface area contributed by atoms with Crippen LogP contribution in [0.2, 0.25) is 0 Å². The maximum absolute atomic E-state index is 12.3. The van der Waals surface area contributed by atoms with Crippen molar-refractivity contribution in [3.8, 4) is 17.2 Å². The van der Waals surface area contributed by atoms with E-state index in [0.29, 0.717) is 5.75 Å². The highest BCUT2D eigenvalue weighted by atomic mass is 16.6. The van der Waals surface area contributed by atoms with E-state index in [4.69, 9.17) is 14.2 Å². The number of esters is 3. The Hall–Kier alpha value is -3.93. The summed E-state index contributed by atoms with van der Waals surface area (Å²) >= 11 is 0. The lowest BCUT2D eigenvalue weighted by Crippen LogP contribution is -2.26. The Morgan fingerprint density at radius 1 is 0.519 bits per heavy atom. The van der Waals surface area contributed by atoms with E-state index in [1.807, 2.05) is 0 Å². The molecule has 0 heterocycles. The number of rotatable bonds is 4. The van der Waals surface area contributed by atoms with Crippen molar-refractivity contribution in [1.82, 2.24) is 0 Å². The molecular weight excluding hydrogens is 348 g/mol. The van der Waals surface area contributed by atoms with E-state index in [1.165, 1.54) is 24.3 Å². The van der Waals surface area contributed by atoms with Gasteiger partial charge >= 0.3 is 17.9 Å². The summed E-state index contributed by atoms with van der Waals surface area (Å²) < 4.78 is 15.2. The first-order valence-corrected chi connectivity index (χ1v) is 7.99. The molecule has 3 aromatic rings. The third-order valence-corrected chi connectivity index (χ3v) is 3.38. The SMILES string of the molecule is O=C(Oc1ccccc1)C(=O)Oc1ccccc1C(=O)Oc1ccccc1. The first-order valence-electron chi connectivity index (χ1n) is 7.99. The van der Waals surface area contributed by atoms with Crippen molar-refractivity contribution in [2.45, 2.75) is 0 Å². The van der Waals surface area contributed by atoms with E-state index in [9.17, 15) is 14.4 Å². The van der Waals surface area contributed by atoms with Gasteiger partial charge in [0.1, 0.15) is 22.8 Å². The summed E-state index contributed by atoms with van der Waals surface area (Å²) in [5.41, 5.74) is 0.00205. The van der Waals surface area contributed by atoms with Crippen LogP contribution < -0.4 is 14.2 Å². The largest absolute Gasteiger partial charge is 0.423 e. The molecule has 0 radical (unpaired) electrons. The monoisotopic (exact) mass is 362 g/mol. The van der Waals surface area contributed by atoms with Gasteiger partial charge < -0.3 is 14.2 Å². The summed E-state index contributed by atoms with van der Waals surface area (Å²) in [5.74, 6) is -2.73. The van der Waals surface area contributed by atoms with Crippen LogP contribution in [0.3, 0.4) is 0 Å². The summed E-state index contributed by atoms with van der Waals surface area (Å²) in [6, 6.07) is 22.5. The molecule has 0 aliphatic rings. The van der Waals surface area contributed by atoms with Crippen molar-refractivity contribution in [2.24, 2.45) is 0 Å². The third-order valence-electron chi connectivity index (χ3n) is 3.38. The molecule has 0 aliphatic heterocycles. The third kappa shape index (κ3) is 4.79. The zero-order valence-electron chi connectivity index (χ0n) is 14.0. The Bertz CT molecular complexity index is 951. The summed E-state index contributed by atoms with van der Waals surface area (Å²) in [4.78, 5) is 36.2. The van der Waals surface area contributed by atoms with Gasteiger partial charge in [-0.1, -0.05) is 48.5 Å². The predicted octanol–water partition coefficient (Wildman–Crippen LogP) is 3.42. The van der Waals surface area contributed by atoms with Gasteiger partial charge in [-0.3, -0.25) is 0 Å². The number of hydrogen-bond donors (Lipinski definition) is 0. The quantitative estimate of drug-likeness (QED) is 0.402. The van der Waals surface area contributed by atoms with Gasteiger partial charge in [-0.2, -0.15) is 0 Å². The number of hydrogen-bond acceptors (Lipinski definition) is 6. The Labute approximate surface area is 154 Å². The lowest BCUT2D eigenvalue weighted by Gasteiger charge is -2.09. The first-order chi connectivity index (χ1) is 13.1. The van der Waals surface area contributed by atoms with Crippen LogP contribution in [0.4, 0.5) is 0 Å². The maximum atomic E-state index is 12.3. The fourth-order valence-electron chi connectivity index (χ4n) is 2.15. The van der Waals surface area contributed by atoms with Crippen molar-refractivity contribution in [2.75, 3.05) is 0 Å². The minimum absolute atomic E-state index is 0.00205. The Morgan fingerprint density at radius 3 is 1.63 bits per heavy atom. The molecular formula is C21H14O6. The van der Waals surface area contributed by atoms with E-state index in [1.54, 1.807) is 60.7 Å². The Kier molecular flexibility index (Phi) is 5.59. The van der Waals surface area contributed by atoms with Crippen molar-refractivity contribution < 1.29 is 28.6 Å². The lowest BCUT2D eigenvalue weighted by molar-refractivity contribution is -0.156. The smallest absolute Gasteiger partial charge is 0.423 e. The van der Waals surface area contributed by atoms with Crippen molar-refractivity contribution in [1.29, 1.82) is 0 Å². The molecule has 134 valence electrons. The van der Waals surface area contributed by atoms with Crippen LogP contribution in [0, 0.1) is 0 Å². The standard InChI is InChI=1S/C21H14O6/c22-19(25-15-9-3-1-4-10-15)17-13-7-8-14-18(17)27-21(24)20(23)26-16-11-5-2-6-12-16/h1-14H. The second-order valence-corrected chi connectivity index (χ2v) is 5.29. The predicted molar refractivity (Wildman–Crippen MR) is 95.6 cm³/mol. The van der Waals surface area contributed by atoms with Crippen molar-refractivity contribution in [3.05, 3.63) is 90.5 Å².